The second kappa shape index (κ2) is 6.91. The number of rotatable bonds is 4. The number of benzene rings is 2. The molecule has 8 nitrogen and oxygen atoms in total. The van der Waals surface area contributed by atoms with E-state index in [9.17, 15) is 9.59 Å². The van der Waals surface area contributed by atoms with Gasteiger partial charge >= 0.3 is 0 Å². The lowest BCUT2D eigenvalue weighted by atomic mass is 10.0. The van der Waals surface area contributed by atoms with E-state index >= 15 is 0 Å². The van der Waals surface area contributed by atoms with Crippen LogP contribution in [0.2, 0.25) is 0 Å². The number of fused-ring (bicyclic) bond motifs is 4. The summed E-state index contributed by atoms with van der Waals surface area (Å²) >= 11 is 1.59. The van der Waals surface area contributed by atoms with Crippen molar-refractivity contribution in [2.24, 2.45) is 0 Å². The van der Waals surface area contributed by atoms with Crippen LogP contribution in [0.4, 0.5) is 5.95 Å². The molecule has 3 heterocycles. The number of hydrogen-bond donors (Lipinski definition) is 2. The molecule has 2 aliphatic rings. The normalized spacial score (nSPS) is 21.2. The first-order chi connectivity index (χ1) is 14.9. The van der Waals surface area contributed by atoms with E-state index in [4.69, 9.17) is 9.47 Å². The Balaban J connectivity index is 1.51. The summed E-state index contributed by atoms with van der Waals surface area (Å²) in [5.74, 6) is 0.723. The minimum Gasteiger partial charge on any atom is -0.493 e. The van der Waals surface area contributed by atoms with E-state index in [-0.39, 0.29) is 17.2 Å². The van der Waals surface area contributed by atoms with Gasteiger partial charge in [-0.05, 0) is 32.0 Å². The Morgan fingerprint density at radius 2 is 1.97 bits per heavy atom. The Bertz CT molecular complexity index is 1190. The van der Waals surface area contributed by atoms with Crippen LogP contribution in [0.1, 0.15) is 35.1 Å². The molecule has 2 aliphatic heterocycles. The number of carbonyl (C=O) groups excluding carboxylic acids is 2. The van der Waals surface area contributed by atoms with Gasteiger partial charge in [-0.1, -0.05) is 18.2 Å². The molecule has 0 spiro atoms. The largest absolute Gasteiger partial charge is 0.493 e. The number of imidazole rings is 1. The fraction of sp³-hybridized carbons (Fsp3) is 0.318. The highest BCUT2D eigenvalue weighted by Crippen LogP contribution is 2.58. The SMILES string of the molecule is COc1ccc2c(c1OC)C(=O)N1[C@@H]2SC(C)(C)[C@@H]1C(=O)Nc1nc2ccccc2[nH]1. The van der Waals surface area contributed by atoms with Gasteiger partial charge < -0.3 is 19.4 Å². The molecule has 2 atom stereocenters. The number of aromatic amines is 1. The summed E-state index contributed by atoms with van der Waals surface area (Å²) in [5.41, 5.74) is 2.88. The maximum absolute atomic E-state index is 13.5. The van der Waals surface area contributed by atoms with Crippen LogP contribution < -0.4 is 14.8 Å². The van der Waals surface area contributed by atoms with E-state index < -0.39 is 10.8 Å². The molecular weight excluding hydrogens is 416 g/mol. The number of para-hydroxylation sites is 2. The smallest absolute Gasteiger partial charge is 0.260 e. The van der Waals surface area contributed by atoms with Crippen molar-refractivity contribution in [3.63, 3.8) is 0 Å². The predicted molar refractivity (Wildman–Crippen MR) is 119 cm³/mol. The van der Waals surface area contributed by atoms with Crippen LogP contribution in [-0.2, 0) is 4.79 Å². The fourth-order valence-corrected chi connectivity index (χ4v) is 6.03. The van der Waals surface area contributed by atoms with E-state index in [1.165, 1.54) is 14.2 Å². The number of H-pyrrole nitrogens is 1. The second-order valence-electron chi connectivity index (χ2n) is 8.05. The zero-order valence-corrected chi connectivity index (χ0v) is 18.4. The van der Waals surface area contributed by atoms with Crippen LogP contribution in [0, 0.1) is 0 Å². The molecule has 1 saturated heterocycles. The second-order valence-corrected chi connectivity index (χ2v) is 9.78. The molecule has 5 rings (SSSR count). The van der Waals surface area contributed by atoms with Crippen molar-refractivity contribution in [3.05, 3.63) is 47.5 Å². The number of nitrogens with zero attached hydrogens (tertiary/aromatic N) is 2. The minimum absolute atomic E-state index is 0.237. The molecule has 9 heteroatoms. The molecule has 2 amide bonds. The van der Waals surface area contributed by atoms with Gasteiger partial charge in [0.25, 0.3) is 11.8 Å². The molecule has 1 fully saturated rings. The molecule has 0 radical (unpaired) electrons. The molecule has 31 heavy (non-hydrogen) atoms. The zero-order chi connectivity index (χ0) is 21.9. The van der Waals surface area contributed by atoms with Gasteiger partial charge in [0.05, 0.1) is 30.8 Å². The molecule has 0 unspecified atom stereocenters. The molecule has 160 valence electrons. The van der Waals surface area contributed by atoms with Crippen molar-refractivity contribution in [1.29, 1.82) is 0 Å². The molecule has 0 bridgehead atoms. The molecule has 3 aromatic rings. The van der Waals surface area contributed by atoms with E-state index in [0.29, 0.717) is 23.0 Å². The lowest BCUT2D eigenvalue weighted by Gasteiger charge is -2.29. The number of nitrogens with one attached hydrogen (secondary N) is 2. The van der Waals surface area contributed by atoms with Crippen LogP contribution in [0.5, 0.6) is 11.5 Å². The Hall–Kier alpha value is -3.20. The summed E-state index contributed by atoms with van der Waals surface area (Å²) < 4.78 is 10.4. The summed E-state index contributed by atoms with van der Waals surface area (Å²) in [4.78, 5) is 36.1. The topological polar surface area (TPSA) is 96.6 Å². The van der Waals surface area contributed by atoms with Crippen LogP contribution in [0.15, 0.2) is 36.4 Å². The first kappa shape index (κ1) is 19.7. The van der Waals surface area contributed by atoms with E-state index in [1.807, 2.05) is 44.2 Å². The maximum Gasteiger partial charge on any atom is 0.260 e. The summed E-state index contributed by atoms with van der Waals surface area (Å²) in [6.07, 6.45) is 0. The van der Waals surface area contributed by atoms with Gasteiger partial charge in [0.1, 0.15) is 11.4 Å². The average Bonchev–Trinajstić information content (AvgIpc) is 3.36. The Labute approximate surface area is 183 Å². The number of aromatic nitrogens is 2. The summed E-state index contributed by atoms with van der Waals surface area (Å²) in [6.45, 7) is 3.96. The van der Waals surface area contributed by atoms with Gasteiger partial charge in [0, 0.05) is 10.3 Å². The van der Waals surface area contributed by atoms with Gasteiger partial charge in [-0.15, -0.1) is 11.8 Å². The van der Waals surface area contributed by atoms with Gasteiger partial charge in [-0.25, -0.2) is 4.98 Å². The third kappa shape index (κ3) is 2.87. The number of anilines is 1. The highest BCUT2D eigenvalue weighted by atomic mass is 32.2. The highest BCUT2D eigenvalue weighted by molar-refractivity contribution is 8.01. The third-order valence-electron chi connectivity index (χ3n) is 5.78. The first-order valence-corrected chi connectivity index (χ1v) is 10.7. The molecule has 0 saturated carbocycles. The lowest BCUT2D eigenvalue weighted by molar-refractivity contribution is -0.121. The van der Waals surface area contributed by atoms with Crippen LogP contribution >= 0.6 is 11.8 Å². The standard InChI is InChI=1S/C22H22N4O4S/c1-22(2)17(18(27)25-21-23-12-7-5-6-8-13(12)24-21)26-19(28)15-11(20(26)31-22)9-10-14(29-3)16(15)30-4/h5-10,17,20H,1-4H3,(H2,23,24,25,27)/t17-,20+/m0/s1. The zero-order valence-electron chi connectivity index (χ0n) is 17.6. The highest BCUT2D eigenvalue weighted by Gasteiger charge is 2.58. The Morgan fingerprint density at radius 3 is 2.68 bits per heavy atom. The molecule has 1 aromatic heterocycles. The van der Waals surface area contributed by atoms with Crippen LogP contribution in [0.3, 0.4) is 0 Å². The van der Waals surface area contributed by atoms with Gasteiger partial charge in [0.15, 0.2) is 11.5 Å². The molecule has 2 aromatic carbocycles. The summed E-state index contributed by atoms with van der Waals surface area (Å²) in [5, 5.41) is 2.60. The van der Waals surface area contributed by atoms with Crippen molar-refractivity contribution >= 4 is 40.6 Å². The number of methoxy groups -OCH3 is 2. The van der Waals surface area contributed by atoms with Gasteiger partial charge in [-0.2, -0.15) is 0 Å². The molecule has 0 aliphatic carbocycles. The van der Waals surface area contributed by atoms with E-state index in [1.54, 1.807) is 22.7 Å². The van der Waals surface area contributed by atoms with Crippen molar-refractivity contribution < 1.29 is 19.1 Å². The Kier molecular flexibility index (Phi) is 4.40. The molecular formula is C22H22N4O4S. The van der Waals surface area contributed by atoms with Crippen molar-refractivity contribution in [3.8, 4) is 11.5 Å². The number of hydrogen-bond acceptors (Lipinski definition) is 6. The fourth-order valence-electron chi connectivity index (χ4n) is 4.45. The number of amides is 2. The first-order valence-electron chi connectivity index (χ1n) is 9.86. The number of thioether (sulfide) groups is 1. The number of ether oxygens (including phenoxy) is 2. The van der Waals surface area contributed by atoms with Crippen LogP contribution in [-0.4, -0.2) is 51.7 Å². The van der Waals surface area contributed by atoms with E-state index in [2.05, 4.69) is 15.3 Å². The summed E-state index contributed by atoms with van der Waals surface area (Å²) in [7, 11) is 3.05. The number of carbonyl (C=O) groups is 2. The third-order valence-corrected chi connectivity index (χ3v) is 7.31. The minimum atomic E-state index is -0.689. The van der Waals surface area contributed by atoms with Crippen molar-refractivity contribution in [1.82, 2.24) is 14.9 Å². The van der Waals surface area contributed by atoms with Crippen molar-refractivity contribution in [2.75, 3.05) is 19.5 Å². The van der Waals surface area contributed by atoms with Crippen molar-refractivity contribution in [2.45, 2.75) is 30.0 Å². The predicted octanol–water partition coefficient (Wildman–Crippen LogP) is 3.57. The summed E-state index contributed by atoms with van der Waals surface area (Å²) in [6, 6.07) is 10.5. The Morgan fingerprint density at radius 1 is 1.19 bits per heavy atom. The monoisotopic (exact) mass is 438 g/mol. The van der Waals surface area contributed by atoms with Gasteiger partial charge in [-0.3, -0.25) is 14.9 Å². The molecule has 2 N–H and O–H groups in total. The average molecular weight is 439 g/mol. The quantitative estimate of drug-likeness (QED) is 0.647. The van der Waals surface area contributed by atoms with Crippen LogP contribution in [0.25, 0.3) is 11.0 Å². The lowest BCUT2D eigenvalue weighted by Crippen LogP contribution is -2.50. The maximum atomic E-state index is 13.5. The van der Waals surface area contributed by atoms with E-state index in [0.717, 1.165) is 16.6 Å². The van der Waals surface area contributed by atoms with Gasteiger partial charge in [0.2, 0.25) is 5.95 Å².